The Balaban J connectivity index is 2.60. The molecule has 11 heavy (non-hydrogen) atoms. The van der Waals surface area contributed by atoms with Crippen molar-refractivity contribution >= 4 is 12.6 Å². The third-order valence-electron chi connectivity index (χ3n) is 2.34. The summed E-state index contributed by atoms with van der Waals surface area (Å²) in [5.74, 6) is 0. The van der Waals surface area contributed by atoms with E-state index in [1.165, 1.54) is 40.8 Å². The number of hydrogen-bond acceptors (Lipinski definition) is 1. The quantitative estimate of drug-likeness (QED) is 0.560. The number of hydrogen-bond donors (Lipinski definition) is 1. The van der Waals surface area contributed by atoms with Crippen LogP contribution in [0.4, 0.5) is 0 Å². The average Bonchev–Trinajstić information content (AvgIpc) is 2.34. The molecule has 0 N–H and O–H groups in total. The van der Waals surface area contributed by atoms with E-state index in [1.54, 1.807) is 0 Å². The summed E-state index contributed by atoms with van der Waals surface area (Å²) >= 11 is 4.46. The van der Waals surface area contributed by atoms with Gasteiger partial charge in [-0.25, -0.2) is 0 Å². The lowest BCUT2D eigenvalue weighted by Crippen LogP contribution is -1.85. The number of benzene rings is 1. The van der Waals surface area contributed by atoms with Crippen molar-refractivity contribution in [2.24, 2.45) is 0 Å². The molecule has 0 fully saturated rings. The van der Waals surface area contributed by atoms with Gasteiger partial charge in [0.25, 0.3) is 0 Å². The fourth-order valence-electron chi connectivity index (χ4n) is 1.84. The fourth-order valence-corrected chi connectivity index (χ4v) is 2.30. The number of rotatable bonds is 0. The van der Waals surface area contributed by atoms with E-state index in [0.29, 0.717) is 0 Å². The van der Waals surface area contributed by atoms with E-state index in [0.717, 1.165) is 0 Å². The first-order valence-corrected chi connectivity index (χ1v) is 4.53. The van der Waals surface area contributed by atoms with E-state index in [-0.39, 0.29) is 0 Å². The zero-order valence-electron chi connectivity index (χ0n) is 6.72. The minimum atomic E-state index is 1.19. The van der Waals surface area contributed by atoms with Crippen LogP contribution in [0.25, 0.3) is 0 Å². The summed E-state index contributed by atoms with van der Waals surface area (Å²) in [6.45, 7) is 2.14. The molecular formula is C10H12S. The van der Waals surface area contributed by atoms with Crippen LogP contribution >= 0.6 is 12.6 Å². The highest BCUT2D eigenvalue weighted by Crippen LogP contribution is 2.28. The van der Waals surface area contributed by atoms with Gasteiger partial charge in [0, 0.05) is 4.90 Å². The van der Waals surface area contributed by atoms with Gasteiger partial charge in [-0.15, -0.1) is 12.6 Å². The van der Waals surface area contributed by atoms with Crippen molar-refractivity contribution in [1.82, 2.24) is 0 Å². The second kappa shape index (κ2) is 2.56. The predicted octanol–water partition coefficient (Wildman–Crippen LogP) is 2.77. The maximum atomic E-state index is 4.46. The summed E-state index contributed by atoms with van der Waals surface area (Å²) in [7, 11) is 0. The Morgan fingerprint density at radius 1 is 1.27 bits per heavy atom. The molecule has 58 valence electrons. The van der Waals surface area contributed by atoms with Gasteiger partial charge in [0.1, 0.15) is 0 Å². The lowest BCUT2D eigenvalue weighted by molar-refractivity contribution is 0.906. The SMILES string of the molecule is Cc1cc(S)c2c(c1)CCC2. The summed E-state index contributed by atoms with van der Waals surface area (Å²) in [5.41, 5.74) is 4.35. The number of aryl methyl sites for hydroxylation is 2. The first-order chi connectivity index (χ1) is 5.27. The molecule has 2 rings (SSSR count). The van der Waals surface area contributed by atoms with E-state index in [4.69, 9.17) is 0 Å². The highest BCUT2D eigenvalue weighted by molar-refractivity contribution is 7.80. The van der Waals surface area contributed by atoms with Crippen LogP contribution in [0.5, 0.6) is 0 Å². The van der Waals surface area contributed by atoms with E-state index in [9.17, 15) is 0 Å². The zero-order chi connectivity index (χ0) is 7.84. The normalized spacial score (nSPS) is 15.1. The summed E-state index contributed by atoms with van der Waals surface area (Å²) in [6, 6.07) is 4.45. The van der Waals surface area contributed by atoms with Gasteiger partial charge in [-0.05, 0) is 48.9 Å². The number of thiol groups is 1. The van der Waals surface area contributed by atoms with Crippen LogP contribution in [0.1, 0.15) is 23.1 Å². The molecule has 0 aromatic heterocycles. The molecule has 0 saturated carbocycles. The van der Waals surface area contributed by atoms with Crippen molar-refractivity contribution in [3.63, 3.8) is 0 Å². The standard InChI is InChI=1S/C10H12S/c1-7-5-8-3-2-4-9(8)10(11)6-7/h5-6,11H,2-4H2,1H3. The average molecular weight is 164 g/mol. The summed E-state index contributed by atoms with van der Waals surface area (Å²) in [4.78, 5) is 1.19. The second-order valence-electron chi connectivity index (χ2n) is 3.28. The Morgan fingerprint density at radius 2 is 2.09 bits per heavy atom. The predicted molar refractivity (Wildman–Crippen MR) is 50.5 cm³/mol. The van der Waals surface area contributed by atoms with Crippen LogP contribution < -0.4 is 0 Å². The second-order valence-corrected chi connectivity index (χ2v) is 3.76. The molecule has 1 aliphatic rings. The molecule has 0 atom stereocenters. The lowest BCUT2D eigenvalue weighted by Gasteiger charge is -2.03. The van der Waals surface area contributed by atoms with Gasteiger partial charge in [0.15, 0.2) is 0 Å². The highest BCUT2D eigenvalue weighted by Gasteiger charge is 2.12. The molecule has 0 spiro atoms. The molecule has 0 heterocycles. The van der Waals surface area contributed by atoms with Crippen LogP contribution in [-0.4, -0.2) is 0 Å². The maximum Gasteiger partial charge on any atom is 0.00774 e. The minimum absolute atomic E-state index is 1.19. The Hall–Kier alpha value is -0.430. The van der Waals surface area contributed by atoms with Gasteiger partial charge in [-0.3, -0.25) is 0 Å². The molecule has 1 aromatic carbocycles. The van der Waals surface area contributed by atoms with Crippen LogP contribution in [-0.2, 0) is 12.8 Å². The van der Waals surface area contributed by atoms with Gasteiger partial charge >= 0.3 is 0 Å². The Labute approximate surface area is 73.0 Å². The van der Waals surface area contributed by atoms with Crippen molar-refractivity contribution in [3.8, 4) is 0 Å². The largest absolute Gasteiger partial charge is 0.143 e. The summed E-state index contributed by atoms with van der Waals surface area (Å²) in [6.07, 6.45) is 3.80. The van der Waals surface area contributed by atoms with Crippen molar-refractivity contribution in [3.05, 3.63) is 28.8 Å². The first kappa shape index (κ1) is 7.23. The van der Waals surface area contributed by atoms with Crippen molar-refractivity contribution < 1.29 is 0 Å². The van der Waals surface area contributed by atoms with Crippen LogP contribution in [0.3, 0.4) is 0 Å². The summed E-state index contributed by atoms with van der Waals surface area (Å²) in [5, 5.41) is 0. The lowest BCUT2D eigenvalue weighted by atomic mass is 10.1. The van der Waals surface area contributed by atoms with E-state index in [1.807, 2.05) is 0 Å². The van der Waals surface area contributed by atoms with Crippen LogP contribution in [0.2, 0.25) is 0 Å². The molecule has 0 amide bonds. The molecule has 0 bridgehead atoms. The fraction of sp³-hybridized carbons (Fsp3) is 0.400. The maximum absolute atomic E-state index is 4.46. The van der Waals surface area contributed by atoms with Crippen molar-refractivity contribution in [2.75, 3.05) is 0 Å². The highest BCUT2D eigenvalue weighted by atomic mass is 32.1. The molecule has 0 aliphatic heterocycles. The molecule has 0 saturated heterocycles. The Morgan fingerprint density at radius 3 is 2.91 bits per heavy atom. The van der Waals surface area contributed by atoms with Gasteiger partial charge in [-0.1, -0.05) is 6.07 Å². The first-order valence-electron chi connectivity index (χ1n) is 4.09. The zero-order valence-corrected chi connectivity index (χ0v) is 7.62. The van der Waals surface area contributed by atoms with Crippen molar-refractivity contribution in [2.45, 2.75) is 31.1 Å². The minimum Gasteiger partial charge on any atom is -0.143 e. The summed E-state index contributed by atoms with van der Waals surface area (Å²) < 4.78 is 0. The van der Waals surface area contributed by atoms with Crippen molar-refractivity contribution in [1.29, 1.82) is 0 Å². The third kappa shape index (κ3) is 1.18. The Kier molecular flexibility index (Phi) is 1.68. The monoisotopic (exact) mass is 164 g/mol. The van der Waals surface area contributed by atoms with E-state index < -0.39 is 0 Å². The van der Waals surface area contributed by atoms with E-state index >= 15 is 0 Å². The van der Waals surface area contributed by atoms with Gasteiger partial charge in [-0.2, -0.15) is 0 Å². The van der Waals surface area contributed by atoms with Gasteiger partial charge < -0.3 is 0 Å². The molecule has 0 nitrogen and oxygen atoms in total. The van der Waals surface area contributed by atoms with E-state index in [2.05, 4.69) is 31.7 Å². The molecule has 1 aromatic rings. The molecule has 1 heteroatoms. The molecule has 0 radical (unpaired) electrons. The molecular weight excluding hydrogens is 152 g/mol. The topological polar surface area (TPSA) is 0 Å². The van der Waals surface area contributed by atoms with Gasteiger partial charge in [0.2, 0.25) is 0 Å². The Bertz CT molecular complexity index is 289. The third-order valence-corrected chi connectivity index (χ3v) is 2.74. The van der Waals surface area contributed by atoms with Crippen LogP contribution in [0.15, 0.2) is 17.0 Å². The molecule has 0 unspecified atom stereocenters. The van der Waals surface area contributed by atoms with Gasteiger partial charge in [0.05, 0.1) is 0 Å². The number of fused-ring (bicyclic) bond motifs is 1. The van der Waals surface area contributed by atoms with Crippen LogP contribution in [0, 0.1) is 6.92 Å². The molecule has 1 aliphatic carbocycles. The smallest absolute Gasteiger partial charge is 0.00774 e.